The zero-order valence-corrected chi connectivity index (χ0v) is 5.98. The van der Waals surface area contributed by atoms with E-state index in [9.17, 15) is 4.79 Å². The third-order valence-electron chi connectivity index (χ3n) is 1.76. The highest BCUT2D eigenvalue weighted by Crippen LogP contribution is 2.38. The first kappa shape index (κ1) is 6.57. The molecular formula is C8H12O. The van der Waals surface area contributed by atoms with Crippen LogP contribution in [-0.2, 0) is 4.79 Å². The summed E-state index contributed by atoms with van der Waals surface area (Å²) in [5, 5.41) is 0. The Morgan fingerprint density at radius 1 is 1.56 bits per heavy atom. The normalized spacial score (nSPS) is 17.7. The molecule has 50 valence electrons. The van der Waals surface area contributed by atoms with Gasteiger partial charge in [-0.2, -0.15) is 0 Å². The molecule has 0 saturated heterocycles. The average Bonchev–Trinajstić information content (AvgIpc) is 2.50. The first-order chi connectivity index (χ1) is 4.25. The van der Waals surface area contributed by atoms with Gasteiger partial charge in [0.1, 0.15) is 5.94 Å². The third-order valence-corrected chi connectivity index (χ3v) is 1.76. The summed E-state index contributed by atoms with van der Waals surface area (Å²) >= 11 is 0. The molecule has 0 N–H and O–H groups in total. The Balaban J connectivity index is 2.59. The van der Waals surface area contributed by atoms with Gasteiger partial charge in [-0.1, -0.05) is 13.8 Å². The summed E-state index contributed by atoms with van der Waals surface area (Å²) in [5.41, 5.74) is 0.995. The van der Waals surface area contributed by atoms with E-state index >= 15 is 0 Å². The van der Waals surface area contributed by atoms with Gasteiger partial charge < -0.3 is 0 Å². The fraction of sp³-hybridized carbons (Fsp3) is 0.750. The summed E-state index contributed by atoms with van der Waals surface area (Å²) < 4.78 is 0. The zero-order valence-electron chi connectivity index (χ0n) is 5.98. The lowest BCUT2D eigenvalue weighted by molar-refractivity contribution is 0.559. The van der Waals surface area contributed by atoms with Gasteiger partial charge in [-0.25, -0.2) is 4.79 Å². The molecule has 0 aliphatic heterocycles. The number of allylic oxidation sites excluding steroid dienone is 1. The molecule has 1 rings (SSSR count). The maximum Gasteiger partial charge on any atom is 0.124 e. The molecule has 1 aliphatic rings. The lowest BCUT2D eigenvalue weighted by atomic mass is 10.0. The molecule has 1 heteroatoms. The van der Waals surface area contributed by atoms with E-state index in [0.717, 1.165) is 5.57 Å². The van der Waals surface area contributed by atoms with Gasteiger partial charge in [0.2, 0.25) is 0 Å². The molecule has 0 bridgehead atoms. The average molecular weight is 124 g/mol. The minimum absolute atomic E-state index is 0.412. The highest BCUT2D eigenvalue weighted by molar-refractivity contribution is 5.55. The molecule has 0 aromatic heterocycles. The number of rotatable bonds is 2. The van der Waals surface area contributed by atoms with E-state index in [4.69, 9.17) is 0 Å². The second-order valence-electron chi connectivity index (χ2n) is 2.99. The topological polar surface area (TPSA) is 17.1 Å². The maximum absolute atomic E-state index is 10.3. The van der Waals surface area contributed by atoms with Crippen LogP contribution >= 0.6 is 0 Å². The number of hydrogen-bond donors (Lipinski definition) is 0. The van der Waals surface area contributed by atoms with Gasteiger partial charge in [0, 0.05) is 5.57 Å². The molecule has 9 heavy (non-hydrogen) atoms. The number of carbonyl (C=O) groups excluding carboxylic acids is 1. The van der Waals surface area contributed by atoms with Crippen molar-refractivity contribution in [2.45, 2.75) is 26.7 Å². The molecule has 1 nitrogen and oxygen atoms in total. The van der Waals surface area contributed by atoms with Crippen LogP contribution in [0.1, 0.15) is 26.7 Å². The molecule has 1 saturated carbocycles. The van der Waals surface area contributed by atoms with Crippen LogP contribution in [0.15, 0.2) is 5.57 Å². The van der Waals surface area contributed by atoms with Gasteiger partial charge in [0.05, 0.1) is 0 Å². The molecule has 1 aliphatic carbocycles. The van der Waals surface area contributed by atoms with Crippen LogP contribution in [0, 0.1) is 11.8 Å². The van der Waals surface area contributed by atoms with E-state index in [1.807, 2.05) is 5.94 Å². The monoisotopic (exact) mass is 124 g/mol. The molecular weight excluding hydrogens is 112 g/mol. The van der Waals surface area contributed by atoms with Gasteiger partial charge >= 0.3 is 0 Å². The van der Waals surface area contributed by atoms with E-state index < -0.39 is 0 Å². The Labute approximate surface area is 55.8 Å². The molecule has 0 heterocycles. The Bertz CT molecular complexity index is 144. The van der Waals surface area contributed by atoms with Crippen LogP contribution in [-0.4, -0.2) is 5.94 Å². The van der Waals surface area contributed by atoms with E-state index in [2.05, 4.69) is 13.8 Å². The maximum atomic E-state index is 10.3. The fourth-order valence-electron chi connectivity index (χ4n) is 1.07. The van der Waals surface area contributed by atoms with E-state index in [-0.39, 0.29) is 0 Å². The zero-order chi connectivity index (χ0) is 6.85. The van der Waals surface area contributed by atoms with Crippen LogP contribution in [0.2, 0.25) is 0 Å². The molecule has 1 fully saturated rings. The van der Waals surface area contributed by atoms with Crippen LogP contribution in [0.5, 0.6) is 0 Å². The van der Waals surface area contributed by atoms with Crippen molar-refractivity contribution in [3.8, 4) is 0 Å². The molecule has 0 spiro atoms. The second-order valence-corrected chi connectivity index (χ2v) is 2.99. The van der Waals surface area contributed by atoms with E-state index in [1.165, 1.54) is 12.8 Å². The third kappa shape index (κ3) is 1.43. The van der Waals surface area contributed by atoms with Crippen molar-refractivity contribution in [3.05, 3.63) is 5.57 Å². The SMILES string of the molecule is CC(C)C(=C=O)C1CC1. The Morgan fingerprint density at radius 2 is 2.11 bits per heavy atom. The standard InChI is InChI=1S/C8H12O/c1-6(2)8(5-9)7-3-4-7/h6-7H,3-4H2,1-2H3. The second kappa shape index (κ2) is 2.36. The van der Waals surface area contributed by atoms with Crippen molar-refractivity contribution in [3.63, 3.8) is 0 Å². The molecule has 0 aromatic rings. The van der Waals surface area contributed by atoms with Crippen molar-refractivity contribution in [2.75, 3.05) is 0 Å². The van der Waals surface area contributed by atoms with Crippen LogP contribution in [0.3, 0.4) is 0 Å². The van der Waals surface area contributed by atoms with Crippen LogP contribution in [0.4, 0.5) is 0 Å². The first-order valence-corrected chi connectivity index (χ1v) is 3.50. The van der Waals surface area contributed by atoms with E-state index in [0.29, 0.717) is 11.8 Å². The Morgan fingerprint density at radius 3 is 2.22 bits per heavy atom. The van der Waals surface area contributed by atoms with Gasteiger partial charge in [-0.15, -0.1) is 0 Å². The van der Waals surface area contributed by atoms with Gasteiger partial charge in [0.25, 0.3) is 0 Å². The summed E-state index contributed by atoms with van der Waals surface area (Å²) in [4.78, 5) is 10.3. The van der Waals surface area contributed by atoms with Crippen molar-refractivity contribution in [1.82, 2.24) is 0 Å². The summed E-state index contributed by atoms with van der Waals surface area (Å²) in [6, 6.07) is 0. The van der Waals surface area contributed by atoms with Crippen LogP contribution in [0.25, 0.3) is 0 Å². The van der Waals surface area contributed by atoms with Crippen molar-refractivity contribution < 1.29 is 4.79 Å². The molecule has 0 unspecified atom stereocenters. The first-order valence-electron chi connectivity index (χ1n) is 3.50. The smallest absolute Gasteiger partial charge is 0.124 e. The molecule has 0 amide bonds. The summed E-state index contributed by atoms with van der Waals surface area (Å²) in [6.07, 6.45) is 2.42. The van der Waals surface area contributed by atoms with Gasteiger partial charge in [0.15, 0.2) is 0 Å². The summed E-state index contributed by atoms with van der Waals surface area (Å²) in [6.45, 7) is 4.11. The van der Waals surface area contributed by atoms with Gasteiger partial charge in [-0.3, -0.25) is 0 Å². The summed E-state index contributed by atoms with van der Waals surface area (Å²) in [7, 11) is 0. The molecule has 0 radical (unpaired) electrons. The Hall–Kier alpha value is -0.550. The van der Waals surface area contributed by atoms with Crippen LogP contribution < -0.4 is 0 Å². The summed E-state index contributed by atoms with van der Waals surface area (Å²) in [5.74, 6) is 3.04. The predicted molar refractivity (Wildman–Crippen MR) is 36.8 cm³/mol. The minimum atomic E-state index is 0.412. The fourth-order valence-corrected chi connectivity index (χ4v) is 1.07. The molecule has 0 aromatic carbocycles. The minimum Gasteiger partial charge on any atom is -0.234 e. The van der Waals surface area contributed by atoms with Crippen molar-refractivity contribution in [2.24, 2.45) is 11.8 Å². The molecule has 0 atom stereocenters. The van der Waals surface area contributed by atoms with E-state index in [1.54, 1.807) is 0 Å². The largest absolute Gasteiger partial charge is 0.234 e. The lowest BCUT2D eigenvalue weighted by Crippen LogP contribution is -1.96. The highest BCUT2D eigenvalue weighted by atomic mass is 16.1. The lowest BCUT2D eigenvalue weighted by Gasteiger charge is -2.02. The Kier molecular flexibility index (Phi) is 1.73. The highest BCUT2D eigenvalue weighted by Gasteiger charge is 2.28. The van der Waals surface area contributed by atoms with Crippen molar-refractivity contribution >= 4 is 5.94 Å². The van der Waals surface area contributed by atoms with Crippen molar-refractivity contribution in [1.29, 1.82) is 0 Å². The van der Waals surface area contributed by atoms with Gasteiger partial charge in [-0.05, 0) is 24.7 Å². The quantitative estimate of drug-likeness (QED) is 0.513. The predicted octanol–water partition coefficient (Wildman–Crippen LogP) is 1.81. The number of hydrogen-bond acceptors (Lipinski definition) is 1.